The molecule has 16 nitrogen and oxygen atoms in total. The number of nitrogens with zero attached hydrogens (tertiary/aromatic N) is 4. The van der Waals surface area contributed by atoms with Gasteiger partial charge in [0.25, 0.3) is 5.56 Å². The Morgan fingerprint density at radius 3 is 2.64 bits per heavy atom. The molecule has 3 rings (SSSR count). The van der Waals surface area contributed by atoms with Crippen molar-refractivity contribution in [1.29, 1.82) is 0 Å². The summed E-state index contributed by atoms with van der Waals surface area (Å²) < 4.78 is 25.0. The summed E-state index contributed by atoms with van der Waals surface area (Å²) in [5, 5.41) is 20.3. The summed E-state index contributed by atoms with van der Waals surface area (Å²) in [5.41, 5.74) is 4.69. The Labute approximate surface area is 154 Å². The minimum Gasteiger partial charge on any atom is -0.387 e. The van der Waals surface area contributed by atoms with Gasteiger partial charge in [-0.2, -0.15) is 4.98 Å². The third-order valence-electron chi connectivity index (χ3n) is 3.70. The summed E-state index contributed by atoms with van der Waals surface area (Å²) in [4.78, 5) is 57.3. The van der Waals surface area contributed by atoms with Crippen molar-refractivity contribution < 1.29 is 43.6 Å². The highest BCUT2D eigenvalue weighted by atomic mass is 31.2. The van der Waals surface area contributed by atoms with Gasteiger partial charge in [-0.15, -0.1) is 4.52 Å². The molecule has 1 fully saturated rings. The quantitative estimate of drug-likeness (QED) is 0.220. The van der Waals surface area contributed by atoms with Crippen LogP contribution in [0.15, 0.2) is 15.6 Å². The zero-order valence-corrected chi connectivity index (χ0v) is 15.5. The Bertz CT molecular complexity index is 1040. The van der Waals surface area contributed by atoms with Crippen LogP contribution in [0.2, 0.25) is 0 Å². The third-order valence-corrected chi connectivity index (χ3v) is 6.05. The summed E-state index contributed by atoms with van der Waals surface area (Å²) in [6, 6.07) is 0. The molecular weight excluding hydrogens is 426 g/mol. The van der Waals surface area contributed by atoms with Crippen molar-refractivity contribution in [2.75, 3.05) is 12.3 Å². The Morgan fingerprint density at radius 2 is 2.00 bits per heavy atom. The SMILES string of the molecule is Nc1nc2c(ncn2[C@@H]2O[C@H](COP(=O)(O)N=P(O)(O)O)[C@@H](O)[C@H]2O)c(=O)[nH]1. The van der Waals surface area contributed by atoms with E-state index in [0.29, 0.717) is 0 Å². The largest absolute Gasteiger partial charge is 0.455 e. The molecule has 5 atom stereocenters. The van der Waals surface area contributed by atoms with Crippen molar-refractivity contribution in [2.45, 2.75) is 24.5 Å². The number of imidazole rings is 1. The van der Waals surface area contributed by atoms with E-state index in [9.17, 15) is 24.5 Å². The Morgan fingerprint density at radius 1 is 1.32 bits per heavy atom. The van der Waals surface area contributed by atoms with Crippen LogP contribution >= 0.6 is 15.5 Å². The lowest BCUT2D eigenvalue weighted by Gasteiger charge is -2.16. The monoisotopic (exact) mass is 442 g/mol. The molecule has 0 radical (unpaired) electrons. The number of aromatic amines is 1. The lowest BCUT2D eigenvalue weighted by atomic mass is 10.1. The van der Waals surface area contributed by atoms with Crippen molar-refractivity contribution >= 4 is 32.6 Å². The van der Waals surface area contributed by atoms with Gasteiger partial charge in [-0.05, 0) is 0 Å². The number of fused-ring (bicyclic) bond motifs is 1. The van der Waals surface area contributed by atoms with Crippen LogP contribution < -0.4 is 11.3 Å². The molecule has 0 amide bonds. The van der Waals surface area contributed by atoms with Gasteiger partial charge in [0, 0.05) is 0 Å². The average Bonchev–Trinajstić information content (AvgIpc) is 3.06. The molecule has 2 aromatic heterocycles. The molecule has 1 unspecified atom stereocenters. The number of H-pyrrole nitrogens is 1. The zero-order chi connectivity index (χ0) is 20.9. The van der Waals surface area contributed by atoms with Crippen LogP contribution in [0.4, 0.5) is 5.95 Å². The maximum absolute atomic E-state index is 11.8. The molecule has 0 aliphatic carbocycles. The van der Waals surface area contributed by atoms with Gasteiger partial charge >= 0.3 is 15.5 Å². The van der Waals surface area contributed by atoms with E-state index in [4.69, 9.17) is 25.2 Å². The van der Waals surface area contributed by atoms with E-state index >= 15 is 0 Å². The Kier molecular flexibility index (Phi) is 5.46. The number of anilines is 1. The van der Waals surface area contributed by atoms with Crippen molar-refractivity contribution in [1.82, 2.24) is 19.5 Å². The first-order valence-corrected chi connectivity index (χ1v) is 10.5. The number of aliphatic hydroxyl groups excluding tert-OH is 2. The van der Waals surface area contributed by atoms with Gasteiger partial charge < -0.3 is 40.3 Å². The van der Waals surface area contributed by atoms with Crippen molar-refractivity contribution in [3.63, 3.8) is 0 Å². The summed E-state index contributed by atoms with van der Waals surface area (Å²) in [7, 11) is -9.93. The maximum Gasteiger partial charge on any atom is 0.455 e. The molecule has 1 aliphatic heterocycles. The van der Waals surface area contributed by atoms with E-state index < -0.39 is 52.2 Å². The first-order valence-electron chi connectivity index (χ1n) is 7.41. The van der Waals surface area contributed by atoms with E-state index in [1.807, 2.05) is 0 Å². The van der Waals surface area contributed by atoms with E-state index in [1.165, 1.54) is 0 Å². The van der Waals surface area contributed by atoms with Crippen LogP contribution in [-0.4, -0.2) is 74.2 Å². The Hall–Kier alpha value is -1.71. The van der Waals surface area contributed by atoms with Crippen molar-refractivity contribution in [3.8, 4) is 0 Å². The third kappa shape index (κ3) is 4.31. The minimum atomic E-state index is -4.99. The number of aromatic nitrogens is 4. The standard InChI is InChI=1S/C10H16N6O10P2/c11-10-13-7-4(8(19)14-10)12-2-16(7)9-6(18)5(17)3(26-9)1-25-28(23,24)15-27(20,21)22/h2-3,5-6,9,17-18,20-22H,1H2,(H,23,24)(H3,11,13,14,19)/t3-,5-,6-,9-/m1/s1. The number of ether oxygens (including phenoxy) is 1. The fourth-order valence-electron chi connectivity index (χ4n) is 2.57. The topological polar surface area (TPSA) is 259 Å². The fraction of sp³-hybridized carbons (Fsp3) is 0.500. The van der Waals surface area contributed by atoms with Crippen LogP contribution in [0.1, 0.15) is 6.23 Å². The maximum atomic E-state index is 11.8. The van der Waals surface area contributed by atoms with Crippen LogP contribution in [-0.2, 0) is 13.8 Å². The van der Waals surface area contributed by atoms with Crippen molar-refractivity contribution in [3.05, 3.63) is 16.7 Å². The van der Waals surface area contributed by atoms with E-state index in [1.54, 1.807) is 0 Å². The van der Waals surface area contributed by atoms with Crippen LogP contribution in [0, 0.1) is 0 Å². The second-order valence-corrected chi connectivity index (χ2v) is 8.76. The molecular formula is C10H16N6O10P2. The summed E-state index contributed by atoms with van der Waals surface area (Å²) in [6.07, 6.45) is -4.75. The predicted octanol–water partition coefficient (Wildman–Crippen LogP) is -2.64. The van der Waals surface area contributed by atoms with Crippen LogP contribution in [0.5, 0.6) is 0 Å². The van der Waals surface area contributed by atoms with Gasteiger partial charge in [0.05, 0.1) is 12.9 Å². The normalized spacial score (nSPS) is 27.8. The summed E-state index contributed by atoms with van der Waals surface area (Å²) in [6.45, 7) is -0.811. The number of aliphatic hydroxyl groups is 2. The molecule has 156 valence electrons. The number of nitrogens with two attached hydrogens (primary N) is 1. The first kappa shape index (κ1) is 21.0. The molecule has 28 heavy (non-hydrogen) atoms. The average molecular weight is 442 g/mol. The lowest BCUT2D eigenvalue weighted by molar-refractivity contribution is -0.0484. The number of nitrogens with one attached hydrogen (secondary N) is 1. The predicted molar refractivity (Wildman–Crippen MR) is 90.3 cm³/mol. The number of nitrogen functional groups attached to an aromatic ring is 1. The second-order valence-electron chi connectivity index (χ2n) is 5.73. The van der Waals surface area contributed by atoms with Gasteiger partial charge in [-0.25, -0.2) is 9.55 Å². The first-order chi connectivity index (χ1) is 12.9. The Balaban J connectivity index is 1.82. The van der Waals surface area contributed by atoms with E-state index in [-0.39, 0.29) is 17.1 Å². The van der Waals surface area contributed by atoms with Crippen LogP contribution in [0.25, 0.3) is 11.2 Å². The molecule has 0 saturated carbocycles. The molecule has 3 heterocycles. The van der Waals surface area contributed by atoms with E-state index in [0.717, 1.165) is 10.9 Å². The number of hydrogen-bond acceptors (Lipinski definition) is 9. The van der Waals surface area contributed by atoms with Gasteiger partial charge in [-0.3, -0.25) is 18.9 Å². The molecule has 1 saturated heterocycles. The van der Waals surface area contributed by atoms with E-state index in [2.05, 4.69) is 24.0 Å². The highest BCUT2D eigenvalue weighted by Crippen LogP contribution is 2.54. The van der Waals surface area contributed by atoms with Gasteiger partial charge in [0.2, 0.25) is 5.95 Å². The number of hydrogen-bond donors (Lipinski definition) is 8. The molecule has 9 N–H and O–H groups in total. The second kappa shape index (κ2) is 7.27. The molecule has 0 spiro atoms. The zero-order valence-electron chi connectivity index (χ0n) is 13.7. The summed E-state index contributed by atoms with van der Waals surface area (Å²) in [5.74, 6) is -0.223. The van der Waals surface area contributed by atoms with Gasteiger partial charge in [0.1, 0.15) is 18.3 Å². The number of rotatable bonds is 5. The molecule has 0 bridgehead atoms. The molecule has 0 aromatic carbocycles. The van der Waals surface area contributed by atoms with Gasteiger partial charge in [0.15, 0.2) is 17.4 Å². The fourth-order valence-corrected chi connectivity index (χ4v) is 4.33. The molecule has 2 aromatic rings. The molecule has 18 heteroatoms. The smallest absolute Gasteiger partial charge is 0.387 e. The highest BCUT2D eigenvalue weighted by Gasteiger charge is 2.45. The van der Waals surface area contributed by atoms with Gasteiger partial charge in [-0.1, -0.05) is 0 Å². The lowest BCUT2D eigenvalue weighted by Crippen LogP contribution is -2.33. The minimum absolute atomic E-state index is 0.0441. The van der Waals surface area contributed by atoms with Crippen LogP contribution in [0.3, 0.4) is 0 Å². The molecule has 1 aliphatic rings. The van der Waals surface area contributed by atoms with Crippen molar-refractivity contribution in [2.24, 2.45) is 4.52 Å². The highest BCUT2D eigenvalue weighted by molar-refractivity contribution is 7.61. The summed E-state index contributed by atoms with van der Waals surface area (Å²) >= 11 is 0.